The molecule has 1 atom stereocenters. The number of nitrogens with two attached hydrogens (primary N) is 1. The van der Waals surface area contributed by atoms with Gasteiger partial charge in [0, 0.05) is 12.2 Å². The van der Waals surface area contributed by atoms with Crippen LogP contribution in [0.15, 0.2) is 24.3 Å². The Labute approximate surface area is 121 Å². The van der Waals surface area contributed by atoms with Crippen molar-refractivity contribution in [1.29, 1.82) is 0 Å². The van der Waals surface area contributed by atoms with Crippen LogP contribution >= 0.6 is 0 Å². The number of hydrogen-bond donors (Lipinski definition) is 2. The van der Waals surface area contributed by atoms with Crippen LogP contribution < -0.4 is 11.1 Å². The molecule has 1 fully saturated rings. The van der Waals surface area contributed by atoms with Crippen LogP contribution in [0.1, 0.15) is 38.7 Å². The van der Waals surface area contributed by atoms with Crippen molar-refractivity contribution in [1.82, 2.24) is 4.90 Å². The van der Waals surface area contributed by atoms with Crippen LogP contribution in [0.3, 0.4) is 0 Å². The molecule has 0 aromatic heterocycles. The summed E-state index contributed by atoms with van der Waals surface area (Å²) in [6, 6.07) is 8.05. The second-order valence-corrected chi connectivity index (χ2v) is 5.91. The molecule has 1 aromatic carbocycles. The predicted molar refractivity (Wildman–Crippen MR) is 82.5 cm³/mol. The Kier molecular flexibility index (Phi) is 4.78. The molecule has 3 N–H and O–H groups in total. The zero-order valence-corrected chi connectivity index (χ0v) is 12.5. The summed E-state index contributed by atoms with van der Waals surface area (Å²) < 4.78 is 0. The van der Waals surface area contributed by atoms with E-state index < -0.39 is 5.54 Å². The molecule has 0 radical (unpaired) electrons. The highest BCUT2D eigenvalue weighted by atomic mass is 16.2. The molecule has 0 saturated carbocycles. The van der Waals surface area contributed by atoms with Crippen molar-refractivity contribution in [2.24, 2.45) is 5.73 Å². The van der Waals surface area contributed by atoms with Gasteiger partial charge in [0.2, 0.25) is 5.91 Å². The van der Waals surface area contributed by atoms with E-state index in [2.05, 4.69) is 16.3 Å². The lowest BCUT2D eigenvalue weighted by molar-refractivity contribution is -0.120. The average molecular weight is 275 g/mol. The molecule has 1 unspecified atom stereocenters. The minimum Gasteiger partial charge on any atom is -0.324 e. The third-order valence-electron chi connectivity index (χ3n) is 4.04. The molecule has 1 saturated heterocycles. The fourth-order valence-electron chi connectivity index (χ4n) is 2.38. The molecule has 2 rings (SSSR count). The van der Waals surface area contributed by atoms with E-state index in [1.807, 2.05) is 25.1 Å². The first-order valence-electron chi connectivity index (χ1n) is 7.43. The van der Waals surface area contributed by atoms with Crippen molar-refractivity contribution in [2.45, 2.75) is 45.2 Å². The van der Waals surface area contributed by atoms with Gasteiger partial charge in [0.25, 0.3) is 0 Å². The number of carbonyl (C=O) groups excluding carboxylic acids is 1. The van der Waals surface area contributed by atoms with E-state index in [1.54, 1.807) is 6.92 Å². The quantitative estimate of drug-likeness (QED) is 0.867. The maximum Gasteiger partial charge on any atom is 0.244 e. The second-order valence-electron chi connectivity index (χ2n) is 5.91. The van der Waals surface area contributed by atoms with Crippen molar-refractivity contribution in [3.63, 3.8) is 0 Å². The summed E-state index contributed by atoms with van der Waals surface area (Å²) in [5.74, 6) is -0.127. The third kappa shape index (κ3) is 3.81. The smallest absolute Gasteiger partial charge is 0.244 e. The average Bonchev–Trinajstić information content (AvgIpc) is 2.92. The minimum absolute atomic E-state index is 0.127. The Morgan fingerprint density at radius 2 is 2.10 bits per heavy atom. The molecule has 20 heavy (non-hydrogen) atoms. The van der Waals surface area contributed by atoms with Gasteiger partial charge in [-0.2, -0.15) is 0 Å². The molecule has 0 bridgehead atoms. The summed E-state index contributed by atoms with van der Waals surface area (Å²) in [7, 11) is 0. The molecule has 0 aliphatic carbocycles. The van der Waals surface area contributed by atoms with Gasteiger partial charge in [-0.3, -0.25) is 9.69 Å². The number of nitrogens with zero attached hydrogens (tertiary/aromatic N) is 1. The van der Waals surface area contributed by atoms with Crippen LogP contribution in [0.25, 0.3) is 0 Å². The van der Waals surface area contributed by atoms with Gasteiger partial charge in [-0.15, -0.1) is 0 Å². The first kappa shape index (κ1) is 15.0. The topological polar surface area (TPSA) is 58.4 Å². The summed E-state index contributed by atoms with van der Waals surface area (Å²) in [5, 5.41) is 2.92. The Morgan fingerprint density at radius 3 is 2.75 bits per heavy atom. The van der Waals surface area contributed by atoms with E-state index in [0.717, 1.165) is 12.2 Å². The van der Waals surface area contributed by atoms with E-state index >= 15 is 0 Å². The maximum absolute atomic E-state index is 12.1. The largest absolute Gasteiger partial charge is 0.324 e. The zero-order chi connectivity index (χ0) is 14.6. The van der Waals surface area contributed by atoms with E-state index in [4.69, 9.17) is 5.73 Å². The molecule has 4 heteroatoms. The van der Waals surface area contributed by atoms with Crippen LogP contribution in [0.4, 0.5) is 5.69 Å². The van der Waals surface area contributed by atoms with Crippen molar-refractivity contribution >= 4 is 11.6 Å². The standard InChI is InChI=1S/C16H25N3O/c1-3-16(2,17)15(20)18-14-8-6-7-13(11-14)12-19-9-4-5-10-19/h6-8,11H,3-5,9-10,12,17H2,1-2H3,(H,18,20). The summed E-state index contributed by atoms with van der Waals surface area (Å²) in [6.45, 7) is 6.98. The minimum atomic E-state index is -0.815. The second kappa shape index (κ2) is 6.37. The van der Waals surface area contributed by atoms with Gasteiger partial charge >= 0.3 is 0 Å². The molecular formula is C16H25N3O. The number of anilines is 1. The molecule has 1 aromatic rings. The summed E-state index contributed by atoms with van der Waals surface area (Å²) in [5.41, 5.74) is 7.21. The number of rotatable bonds is 5. The van der Waals surface area contributed by atoms with Gasteiger partial charge < -0.3 is 11.1 Å². The third-order valence-corrected chi connectivity index (χ3v) is 4.04. The first-order chi connectivity index (χ1) is 9.51. The van der Waals surface area contributed by atoms with Crippen LogP contribution in [-0.4, -0.2) is 29.4 Å². The van der Waals surface area contributed by atoms with Crippen LogP contribution in [0.2, 0.25) is 0 Å². The van der Waals surface area contributed by atoms with Crippen molar-refractivity contribution < 1.29 is 4.79 Å². The van der Waals surface area contributed by atoms with Crippen LogP contribution in [0.5, 0.6) is 0 Å². The van der Waals surface area contributed by atoms with Crippen molar-refractivity contribution in [3.05, 3.63) is 29.8 Å². The number of hydrogen-bond acceptors (Lipinski definition) is 3. The van der Waals surface area contributed by atoms with E-state index in [-0.39, 0.29) is 5.91 Å². The monoisotopic (exact) mass is 275 g/mol. The van der Waals surface area contributed by atoms with Gasteiger partial charge in [0.15, 0.2) is 0 Å². The lowest BCUT2D eigenvalue weighted by atomic mass is 9.99. The molecular weight excluding hydrogens is 250 g/mol. The highest BCUT2D eigenvalue weighted by molar-refractivity contribution is 5.97. The van der Waals surface area contributed by atoms with Crippen LogP contribution in [0, 0.1) is 0 Å². The Hall–Kier alpha value is -1.39. The lowest BCUT2D eigenvalue weighted by Gasteiger charge is -2.22. The highest BCUT2D eigenvalue weighted by Crippen LogP contribution is 2.17. The molecule has 1 amide bonds. The summed E-state index contributed by atoms with van der Waals surface area (Å²) in [4.78, 5) is 14.5. The molecule has 0 spiro atoms. The predicted octanol–water partition coefficient (Wildman–Crippen LogP) is 2.35. The number of amides is 1. The SMILES string of the molecule is CCC(C)(N)C(=O)Nc1cccc(CN2CCCC2)c1. The number of nitrogens with one attached hydrogen (secondary N) is 1. The van der Waals surface area contributed by atoms with E-state index in [9.17, 15) is 4.79 Å². The van der Waals surface area contributed by atoms with Gasteiger partial charge in [0.05, 0.1) is 5.54 Å². The fourth-order valence-corrected chi connectivity index (χ4v) is 2.38. The zero-order valence-electron chi connectivity index (χ0n) is 12.5. The van der Waals surface area contributed by atoms with Crippen LogP contribution in [-0.2, 0) is 11.3 Å². The van der Waals surface area contributed by atoms with E-state index in [1.165, 1.54) is 31.5 Å². The Bertz CT molecular complexity index is 465. The normalized spacial score (nSPS) is 18.8. The van der Waals surface area contributed by atoms with Crippen molar-refractivity contribution in [2.75, 3.05) is 18.4 Å². The van der Waals surface area contributed by atoms with Gasteiger partial charge in [-0.1, -0.05) is 19.1 Å². The Balaban J connectivity index is 2.00. The molecule has 1 aliphatic heterocycles. The van der Waals surface area contributed by atoms with Gasteiger partial charge in [-0.25, -0.2) is 0 Å². The van der Waals surface area contributed by atoms with E-state index in [0.29, 0.717) is 6.42 Å². The number of carbonyl (C=O) groups is 1. The molecule has 1 aliphatic rings. The summed E-state index contributed by atoms with van der Waals surface area (Å²) >= 11 is 0. The fraction of sp³-hybridized carbons (Fsp3) is 0.562. The number of benzene rings is 1. The maximum atomic E-state index is 12.1. The first-order valence-corrected chi connectivity index (χ1v) is 7.43. The molecule has 110 valence electrons. The Morgan fingerprint density at radius 1 is 1.40 bits per heavy atom. The highest BCUT2D eigenvalue weighted by Gasteiger charge is 2.25. The van der Waals surface area contributed by atoms with Gasteiger partial charge in [-0.05, 0) is 57.0 Å². The van der Waals surface area contributed by atoms with Gasteiger partial charge in [0.1, 0.15) is 0 Å². The summed E-state index contributed by atoms with van der Waals surface area (Å²) in [6.07, 6.45) is 3.20. The molecule has 4 nitrogen and oxygen atoms in total. The van der Waals surface area contributed by atoms with Crippen molar-refractivity contribution in [3.8, 4) is 0 Å². The number of likely N-dealkylation sites (tertiary alicyclic amines) is 1. The lowest BCUT2D eigenvalue weighted by Crippen LogP contribution is -2.47. The molecule has 1 heterocycles.